The van der Waals surface area contributed by atoms with Gasteiger partial charge in [0.25, 0.3) is 5.91 Å². The largest absolute Gasteiger partial charge is 0.363 e. The van der Waals surface area contributed by atoms with Gasteiger partial charge in [0, 0.05) is 30.0 Å². The van der Waals surface area contributed by atoms with Crippen molar-refractivity contribution in [1.29, 1.82) is 0 Å². The highest BCUT2D eigenvalue weighted by Crippen LogP contribution is 2.32. The molecule has 1 atom stereocenters. The van der Waals surface area contributed by atoms with E-state index in [4.69, 9.17) is 0 Å². The van der Waals surface area contributed by atoms with Crippen LogP contribution in [0.4, 0.5) is 0 Å². The molecule has 1 aromatic heterocycles. The number of carbonyl (C=O) groups excluding carboxylic acids is 1. The molecular formula is C18H21N3O3S. The summed E-state index contributed by atoms with van der Waals surface area (Å²) >= 11 is 0. The van der Waals surface area contributed by atoms with Gasteiger partial charge in [-0.1, -0.05) is 0 Å². The average molecular weight is 359 g/mol. The summed E-state index contributed by atoms with van der Waals surface area (Å²) in [5.41, 5.74) is 1.56. The molecule has 1 aromatic carbocycles. The summed E-state index contributed by atoms with van der Waals surface area (Å²) in [6, 6.07) is 10.3. The van der Waals surface area contributed by atoms with Gasteiger partial charge in [0.15, 0.2) is 0 Å². The Bertz CT molecular complexity index is 855. The number of hydrogen-bond donors (Lipinski definition) is 2. The maximum atomic E-state index is 12.8. The molecule has 7 heteroatoms. The SMILES string of the molecule is O=C(c1ccc(S(=O)(=O)NC2CC2)cc1)N1CCC[C@@H]1c1ccc[nH]1. The number of rotatable bonds is 5. The van der Waals surface area contributed by atoms with Crippen molar-refractivity contribution in [3.8, 4) is 0 Å². The standard InChI is InChI=1S/C18H21N3O3S/c22-18(21-12-2-4-17(21)16-3-1-11-19-16)13-5-9-15(10-6-13)25(23,24)20-14-7-8-14/h1,3,5-6,9-11,14,17,19-20H,2,4,7-8,12H2/t17-/m1/s1. The number of aromatic nitrogens is 1. The van der Waals surface area contributed by atoms with E-state index >= 15 is 0 Å². The quantitative estimate of drug-likeness (QED) is 0.860. The summed E-state index contributed by atoms with van der Waals surface area (Å²) < 4.78 is 27.1. The van der Waals surface area contributed by atoms with Crippen LogP contribution in [0.5, 0.6) is 0 Å². The second kappa shape index (κ2) is 6.31. The van der Waals surface area contributed by atoms with Crippen LogP contribution in [-0.2, 0) is 10.0 Å². The highest BCUT2D eigenvalue weighted by molar-refractivity contribution is 7.89. The number of H-pyrrole nitrogens is 1. The molecule has 1 aliphatic heterocycles. The lowest BCUT2D eigenvalue weighted by atomic mass is 10.1. The number of carbonyl (C=O) groups is 1. The second-order valence-corrected chi connectivity index (χ2v) is 8.42. The van der Waals surface area contributed by atoms with Crippen LogP contribution >= 0.6 is 0 Å². The zero-order valence-electron chi connectivity index (χ0n) is 13.8. The van der Waals surface area contributed by atoms with E-state index in [1.165, 1.54) is 12.1 Å². The third-order valence-electron chi connectivity index (χ3n) is 4.81. The second-order valence-electron chi connectivity index (χ2n) is 6.70. The topological polar surface area (TPSA) is 82.3 Å². The summed E-state index contributed by atoms with van der Waals surface area (Å²) in [5, 5.41) is 0. The number of benzene rings is 1. The van der Waals surface area contributed by atoms with Crippen molar-refractivity contribution in [2.24, 2.45) is 0 Å². The van der Waals surface area contributed by atoms with Crippen LogP contribution in [-0.4, -0.2) is 36.8 Å². The monoisotopic (exact) mass is 359 g/mol. The Balaban J connectivity index is 1.52. The molecule has 132 valence electrons. The molecule has 0 radical (unpaired) electrons. The molecule has 0 spiro atoms. The van der Waals surface area contributed by atoms with Gasteiger partial charge in [-0.05, 0) is 62.1 Å². The number of hydrogen-bond acceptors (Lipinski definition) is 3. The van der Waals surface area contributed by atoms with E-state index in [0.717, 1.165) is 31.4 Å². The first kappa shape index (κ1) is 16.4. The lowest BCUT2D eigenvalue weighted by molar-refractivity contribution is 0.0733. The van der Waals surface area contributed by atoms with Crippen LogP contribution in [0.2, 0.25) is 0 Å². The van der Waals surface area contributed by atoms with Crippen molar-refractivity contribution in [2.75, 3.05) is 6.54 Å². The minimum atomic E-state index is -3.48. The Kier molecular flexibility index (Phi) is 4.13. The summed E-state index contributed by atoms with van der Waals surface area (Å²) in [5.74, 6) is -0.0591. The third kappa shape index (κ3) is 3.34. The van der Waals surface area contributed by atoms with Gasteiger partial charge in [0.05, 0.1) is 10.9 Å². The predicted octanol–water partition coefficient (Wildman–Crippen LogP) is 2.43. The molecule has 2 N–H and O–H groups in total. The first-order valence-corrected chi connectivity index (χ1v) is 10.1. The highest BCUT2D eigenvalue weighted by atomic mass is 32.2. The molecule has 25 heavy (non-hydrogen) atoms. The minimum absolute atomic E-state index is 0.0578. The lowest BCUT2D eigenvalue weighted by Crippen LogP contribution is -2.31. The Labute approximate surface area is 147 Å². The zero-order chi connectivity index (χ0) is 17.4. The molecule has 4 rings (SSSR count). The van der Waals surface area contributed by atoms with Gasteiger partial charge in [-0.3, -0.25) is 4.79 Å². The molecule has 1 aliphatic carbocycles. The fraction of sp³-hybridized carbons (Fsp3) is 0.389. The first-order valence-electron chi connectivity index (χ1n) is 8.61. The van der Waals surface area contributed by atoms with E-state index in [0.29, 0.717) is 12.1 Å². The van der Waals surface area contributed by atoms with Crippen LogP contribution < -0.4 is 4.72 Å². The normalized spacial score (nSPS) is 20.8. The Morgan fingerprint density at radius 1 is 1.12 bits per heavy atom. The van der Waals surface area contributed by atoms with Crippen LogP contribution in [0.3, 0.4) is 0 Å². The van der Waals surface area contributed by atoms with Crippen molar-refractivity contribution in [3.63, 3.8) is 0 Å². The van der Waals surface area contributed by atoms with Crippen molar-refractivity contribution in [3.05, 3.63) is 53.9 Å². The lowest BCUT2D eigenvalue weighted by Gasteiger charge is -2.24. The molecule has 2 aromatic rings. The smallest absolute Gasteiger partial charge is 0.254 e. The van der Waals surface area contributed by atoms with Gasteiger partial charge in [0.2, 0.25) is 10.0 Å². The zero-order valence-corrected chi connectivity index (χ0v) is 14.6. The molecule has 6 nitrogen and oxygen atoms in total. The van der Waals surface area contributed by atoms with Gasteiger partial charge < -0.3 is 9.88 Å². The van der Waals surface area contributed by atoms with Crippen LogP contribution in [0.25, 0.3) is 0 Å². The van der Waals surface area contributed by atoms with Gasteiger partial charge in [-0.25, -0.2) is 13.1 Å². The van der Waals surface area contributed by atoms with Gasteiger partial charge >= 0.3 is 0 Å². The van der Waals surface area contributed by atoms with Crippen molar-refractivity contribution in [2.45, 2.75) is 42.7 Å². The van der Waals surface area contributed by atoms with E-state index in [9.17, 15) is 13.2 Å². The van der Waals surface area contributed by atoms with E-state index < -0.39 is 10.0 Å². The van der Waals surface area contributed by atoms with Gasteiger partial charge in [-0.2, -0.15) is 0 Å². The summed E-state index contributed by atoms with van der Waals surface area (Å²) in [6.45, 7) is 0.714. The van der Waals surface area contributed by atoms with Crippen LogP contribution in [0, 0.1) is 0 Å². The third-order valence-corrected chi connectivity index (χ3v) is 6.34. The molecule has 1 saturated heterocycles. The minimum Gasteiger partial charge on any atom is -0.363 e. The predicted molar refractivity (Wildman–Crippen MR) is 93.6 cm³/mol. The van der Waals surface area contributed by atoms with E-state index in [2.05, 4.69) is 9.71 Å². The first-order chi connectivity index (χ1) is 12.0. The van der Waals surface area contributed by atoms with E-state index in [1.54, 1.807) is 12.1 Å². The molecular weight excluding hydrogens is 338 g/mol. The Morgan fingerprint density at radius 2 is 1.88 bits per heavy atom. The molecule has 2 fully saturated rings. The van der Waals surface area contributed by atoms with Gasteiger partial charge in [-0.15, -0.1) is 0 Å². The number of nitrogens with zero attached hydrogens (tertiary/aromatic N) is 1. The molecule has 2 heterocycles. The van der Waals surface area contributed by atoms with Gasteiger partial charge in [0.1, 0.15) is 0 Å². The number of nitrogens with one attached hydrogen (secondary N) is 2. The van der Waals surface area contributed by atoms with Crippen molar-refractivity contribution in [1.82, 2.24) is 14.6 Å². The van der Waals surface area contributed by atoms with Crippen LogP contribution in [0.1, 0.15) is 47.8 Å². The molecule has 0 unspecified atom stereocenters. The summed E-state index contributed by atoms with van der Waals surface area (Å²) in [7, 11) is -3.48. The Hall–Kier alpha value is -2.12. The maximum absolute atomic E-state index is 12.8. The van der Waals surface area contributed by atoms with E-state index in [-0.39, 0.29) is 22.9 Å². The molecule has 1 saturated carbocycles. The number of sulfonamides is 1. The average Bonchev–Trinajstić information content (AvgIpc) is 3.07. The fourth-order valence-corrected chi connectivity index (χ4v) is 4.62. The number of likely N-dealkylation sites (tertiary alicyclic amines) is 1. The van der Waals surface area contributed by atoms with Crippen LogP contribution in [0.15, 0.2) is 47.5 Å². The molecule has 2 aliphatic rings. The fourth-order valence-electron chi connectivity index (χ4n) is 3.32. The van der Waals surface area contributed by atoms with Crippen molar-refractivity contribution < 1.29 is 13.2 Å². The summed E-state index contributed by atoms with van der Waals surface area (Å²) in [4.78, 5) is 18.1. The van der Waals surface area contributed by atoms with Crippen molar-refractivity contribution >= 4 is 15.9 Å². The number of amides is 1. The highest BCUT2D eigenvalue weighted by Gasteiger charge is 2.32. The number of aromatic amines is 1. The Morgan fingerprint density at radius 3 is 2.52 bits per heavy atom. The molecule has 1 amide bonds. The maximum Gasteiger partial charge on any atom is 0.254 e. The summed E-state index contributed by atoms with van der Waals surface area (Å²) in [6.07, 6.45) is 5.55. The molecule has 0 bridgehead atoms. The van der Waals surface area contributed by atoms with E-state index in [1.807, 2.05) is 23.2 Å².